The van der Waals surface area contributed by atoms with E-state index >= 15 is 0 Å². The predicted octanol–water partition coefficient (Wildman–Crippen LogP) is 3.28. The lowest BCUT2D eigenvalue weighted by atomic mass is 9.83. The summed E-state index contributed by atoms with van der Waals surface area (Å²) in [5.74, 6) is 0.932. The molecule has 2 rings (SSSR count). The molecule has 2 heteroatoms. The third-order valence-electron chi connectivity index (χ3n) is 3.64. The second-order valence-electron chi connectivity index (χ2n) is 4.77. The summed E-state index contributed by atoms with van der Waals surface area (Å²) in [6.45, 7) is 3.64. The van der Waals surface area contributed by atoms with Crippen LogP contribution in [0.3, 0.4) is 0 Å². The number of anilines is 1. The largest absolute Gasteiger partial charge is 0.399 e. The van der Waals surface area contributed by atoms with Crippen molar-refractivity contribution in [3.05, 3.63) is 29.3 Å². The molecule has 0 amide bonds. The summed E-state index contributed by atoms with van der Waals surface area (Å²) >= 11 is 0. The highest BCUT2D eigenvalue weighted by atomic mass is 16.5. The molecule has 16 heavy (non-hydrogen) atoms. The fourth-order valence-electron chi connectivity index (χ4n) is 2.07. The van der Waals surface area contributed by atoms with E-state index in [9.17, 15) is 0 Å². The first-order valence-electron chi connectivity index (χ1n) is 6.19. The Bertz CT molecular complexity index is 345. The highest BCUT2D eigenvalue weighted by molar-refractivity contribution is 5.49. The molecule has 0 unspecified atom stereocenters. The van der Waals surface area contributed by atoms with Crippen molar-refractivity contribution in [2.24, 2.45) is 5.92 Å². The van der Waals surface area contributed by atoms with E-state index in [0.717, 1.165) is 23.8 Å². The molecule has 0 radical (unpaired) electrons. The van der Waals surface area contributed by atoms with Crippen LogP contribution >= 0.6 is 0 Å². The van der Waals surface area contributed by atoms with Crippen LogP contribution in [0.1, 0.15) is 36.8 Å². The van der Waals surface area contributed by atoms with Gasteiger partial charge in [-0.2, -0.15) is 0 Å². The highest BCUT2D eigenvalue weighted by Gasteiger charge is 2.16. The number of hydrogen-bond acceptors (Lipinski definition) is 2. The van der Waals surface area contributed by atoms with E-state index < -0.39 is 0 Å². The van der Waals surface area contributed by atoms with Gasteiger partial charge in [0, 0.05) is 12.3 Å². The molecule has 0 aromatic heterocycles. The first-order valence-corrected chi connectivity index (χ1v) is 6.19. The van der Waals surface area contributed by atoms with E-state index in [0.29, 0.717) is 6.61 Å². The Morgan fingerprint density at radius 1 is 1.38 bits per heavy atom. The molecule has 2 N–H and O–H groups in total. The smallest absolute Gasteiger partial charge is 0.0720 e. The Morgan fingerprint density at radius 3 is 2.88 bits per heavy atom. The molecule has 0 spiro atoms. The summed E-state index contributed by atoms with van der Waals surface area (Å²) in [5.41, 5.74) is 9.08. The molecule has 1 aromatic rings. The van der Waals surface area contributed by atoms with Gasteiger partial charge >= 0.3 is 0 Å². The Balaban J connectivity index is 1.73. The van der Waals surface area contributed by atoms with Crippen LogP contribution in [-0.2, 0) is 11.3 Å². The predicted molar refractivity (Wildman–Crippen MR) is 67.2 cm³/mol. The number of benzene rings is 1. The SMILES string of the molecule is Cc1c(N)cccc1COCCC1CCC1. The lowest BCUT2D eigenvalue weighted by molar-refractivity contribution is 0.0947. The topological polar surface area (TPSA) is 35.2 Å². The third-order valence-corrected chi connectivity index (χ3v) is 3.64. The van der Waals surface area contributed by atoms with Crippen molar-refractivity contribution in [2.75, 3.05) is 12.3 Å². The Morgan fingerprint density at radius 2 is 2.19 bits per heavy atom. The van der Waals surface area contributed by atoms with Gasteiger partial charge in [0.1, 0.15) is 0 Å². The number of nitrogen functional groups attached to an aromatic ring is 1. The lowest BCUT2D eigenvalue weighted by Crippen LogP contribution is -2.13. The number of nitrogens with two attached hydrogens (primary N) is 1. The average molecular weight is 219 g/mol. The van der Waals surface area contributed by atoms with Gasteiger partial charge in [0.05, 0.1) is 6.61 Å². The van der Waals surface area contributed by atoms with E-state index in [1.54, 1.807) is 0 Å². The van der Waals surface area contributed by atoms with Crippen molar-refractivity contribution in [1.82, 2.24) is 0 Å². The van der Waals surface area contributed by atoms with Gasteiger partial charge in [-0.15, -0.1) is 0 Å². The summed E-state index contributed by atoms with van der Waals surface area (Å²) in [7, 11) is 0. The van der Waals surface area contributed by atoms with E-state index in [-0.39, 0.29) is 0 Å². The molecule has 0 heterocycles. The molecule has 0 saturated heterocycles. The molecule has 1 aromatic carbocycles. The number of ether oxygens (including phenoxy) is 1. The average Bonchev–Trinajstić information content (AvgIpc) is 2.21. The van der Waals surface area contributed by atoms with Crippen molar-refractivity contribution in [1.29, 1.82) is 0 Å². The number of hydrogen-bond donors (Lipinski definition) is 1. The summed E-state index contributed by atoms with van der Waals surface area (Å²) in [6.07, 6.45) is 5.45. The summed E-state index contributed by atoms with van der Waals surface area (Å²) in [5, 5.41) is 0. The van der Waals surface area contributed by atoms with Crippen molar-refractivity contribution < 1.29 is 4.74 Å². The van der Waals surface area contributed by atoms with Crippen molar-refractivity contribution >= 4 is 5.69 Å². The first kappa shape index (κ1) is 11.5. The maximum Gasteiger partial charge on any atom is 0.0720 e. The molecule has 0 atom stereocenters. The standard InChI is InChI=1S/C14H21NO/c1-11-13(6-3-7-14(11)15)10-16-9-8-12-4-2-5-12/h3,6-7,12H,2,4-5,8-10,15H2,1H3. The monoisotopic (exact) mass is 219 g/mol. The normalized spacial score (nSPS) is 16.1. The molecule has 1 aliphatic carbocycles. The molecule has 2 nitrogen and oxygen atoms in total. The van der Waals surface area contributed by atoms with Gasteiger partial charge in [-0.05, 0) is 36.5 Å². The van der Waals surface area contributed by atoms with Crippen LogP contribution in [0, 0.1) is 12.8 Å². The first-order chi connectivity index (χ1) is 7.77. The maximum absolute atomic E-state index is 5.85. The van der Waals surface area contributed by atoms with Gasteiger partial charge in [0.15, 0.2) is 0 Å². The van der Waals surface area contributed by atoms with E-state index in [1.165, 1.54) is 31.2 Å². The Kier molecular flexibility index (Phi) is 3.83. The van der Waals surface area contributed by atoms with Crippen LogP contribution in [0.5, 0.6) is 0 Å². The van der Waals surface area contributed by atoms with Crippen LogP contribution in [0.15, 0.2) is 18.2 Å². The van der Waals surface area contributed by atoms with E-state index in [2.05, 4.69) is 13.0 Å². The minimum Gasteiger partial charge on any atom is -0.399 e. The minimum absolute atomic E-state index is 0.698. The summed E-state index contributed by atoms with van der Waals surface area (Å²) in [6, 6.07) is 6.02. The van der Waals surface area contributed by atoms with Gasteiger partial charge in [-0.1, -0.05) is 31.4 Å². The van der Waals surface area contributed by atoms with Crippen LogP contribution in [-0.4, -0.2) is 6.61 Å². The lowest BCUT2D eigenvalue weighted by Gasteiger charge is -2.24. The molecule has 1 aliphatic rings. The highest BCUT2D eigenvalue weighted by Crippen LogP contribution is 2.29. The van der Waals surface area contributed by atoms with Crippen LogP contribution in [0.4, 0.5) is 5.69 Å². The Labute approximate surface area is 97.8 Å². The van der Waals surface area contributed by atoms with Gasteiger partial charge in [-0.3, -0.25) is 0 Å². The van der Waals surface area contributed by atoms with Crippen molar-refractivity contribution in [2.45, 2.75) is 39.2 Å². The fraction of sp³-hybridized carbons (Fsp3) is 0.571. The minimum atomic E-state index is 0.698. The molecule has 1 saturated carbocycles. The quantitative estimate of drug-likeness (QED) is 0.609. The molecule has 88 valence electrons. The molecule has 0 bridgehead atoms. The molecule has 1 fully saturated rings. The molecular formula is C14H21NO. The zero-order valence-corrected chi connectivity index (χ0v) is 10.0. The van der Waals surface area contributed by atoms with E-state index in [4.69, 9.17) is 10.5 Å². The van der Waals surface area contributed by atoms with Crippen LogP contribution in [0.25, 0.3) is 0 Å². The second kappa shape index (κ2) is 5.35. The third kappa shape index (κ3) is 2.76. The van der Waals surface area contributed by atoms with Gasteiger partial charge in [0.2, 0.25) is 0 Å². The van der Waals surface area contributed by atoms with Crippen LogP contribution < -0.4 is 5.73 Å². The Hall–Kier alpha value is -1.02. The molecule has 0 aliphatic heterocycles. The molecular weight excluding hydrogens is 198 g/mol. The van der Waals surface area contributed by atoms with Gasteiger partial charge in [-0.25, -0.2) is 0 Å². The fourth-order valence-corrected chi connectivity index (χ4v) is 2.07. The van der Waals surface area contributed by atoms with Crippen molar-refractivity contribution in [3.63, 3.8) is 0 Å². The summed E-state index contributed by atoms with van der Waals surface area (Å²) < 4.78 is 5.71. The van der Waals surface area contributed by atoms with Crippen LogP contribution in [0.2, 0.25) is 0 Å². The van der Waals surface area contributed by atoms with Gasteiger partial charge < -0.3 is 10.5 Å². The maximum atomic E-state index is 5.85. The second-order valence-corrected chi connectivity index (χ2v) is 4.77. The zero-order valence-electron chi connectivity index (χ0n) is 10.0. The number of rotatable bonds is 5. The van der Waals surface area contributed by atoms with E-state index in [1.807, 2.05) is 12.1 Å². The summed E-state index contributed by atoms with van der Waals surface area (Å²) in [4.78, 5) is 0. The van der Waals surface area contributed by atoms with Gasteiger partial charge in [0.25, 0.3) is 0 Å². The zero-order chi connectivity index (χ0) is 11.4. The van der Waals surface area contributed by atoms with Crippen molar-refractivity contribution in [3.8, 4) is 0 Å².